The van der Waals surface area contributed by atoms with Gasteiger partial charge in [0.1, 0.15) is 11.5 Å². The van der Waals surface area contributed by atoms with Gasteiger partial charge < -0.3 is 15.2 Å². The highest BCUT2D eigenvalue weighted by Gasteiger charge is 2.09. The van der Waals surface area contributed by atoms with E-state index in [0.29, 0.717) is 10.7 Å². The van der Waals surface area contributed by atoms with Gasteiger partial charge >= 0.3 is 0 Å². The van der Waals surface area contributed by atoms with Crippen molar-refractivity contribution in [1.29, 1.82) is 0 Å². The van der Waals surface area contributed by atoms with Crippen molar-refractivity contribution in [3.8, 4) is 11.5 Å². The first-order chi connectivity index (χ1) is 10.6. The molecule has 3 rings (SSSR count). The van der Waals surface area contributed by atoms with E-state index in [4.69, 9.17) is 16.3 Å². The molecule has 0 atom stereocenters. The topological polar surface area (TPSA) is 54.4 Å². The van der Waals surface area contributed by atoms with Crippen LogP contribution in [0.3, 0.4) is 0 Å². The summed E-state index contributed by atoms with van der Waals surface area (Å²) < 4.78 is 5.27. The first-order valence-corrected chi connectivity index (χ1v) is 7.15. The van der Waals surface area contributed by atoms with Gasteiger partial charge in [-0.15, -0.1) is 0 Å². The summed E-state index contributed by atoms with van der Waals surface area (Å²) in [6.07, 6.45) is 0. The van der Waals surface area contributed by atoms with Crippen LogP contribution in [0.25, 0.3) is 10.9 Å². The zero-order chi connectivity index (χ0) is 15.7. The molecule has 0 spiro atoms. The summed E-state index contributed by atoms with van der Waals surface area (Å²) in [5.41, 5.74) is 3.10. The fourth-order valence-corrected chi connectivity index (χ4v) is 2.49. The van der Waals surface area contributed by atoms with Crippen LogP contribution in [0.5, 0.6) is 11.5 Å². The zero-order valence-electron chi connectivity index (χ0n) is 12.2. The molecular formula is C17H15ClN2O2. The number of anilines is 2. The number of hydrogen-bond donors (Lipinski definition) is 2. The Morgan fingerprint density at radius 1 is 1.09 bits per heavy atom. The number of phenols is 1. The van der Waals surface area contributed by atoms with Gasteiger partial charge in [-0.05, 0) is 49.4 Å². The number of nitrogens with zero attached hydrogens (tertiary/aromatic N) is 1. The number of halogens is 1. The van der Waals surface area contributed by atoms with Gasteiger partial charge in [0.05, 0.1) is 18.3 Å². The second-order valence-electron chi connectivity index (χ2n) is 4.98. The van der Waals surface area contributed by atoms with E-state index >= 15 is 0 Å². The molecule has 3 aromatic rings. The van der Waals surface area contributed by atoms with Gasteiger partial charge in [0, 0.05) is 21.8 Å². The summed E-state index contributed by atoms with van der Waals surface area (Å²) in [4.78, 5) is 4.51. The maximum absolute atomic E-state index is 9.98. The Hall–Kier alpha value is -2.46. The predicted octanol–water partition coefficient (Wildman–Crippen LogP) is 4.65. The van der Waals surface area contributed by atoms with Crippen LogP contribution in [-0.2, 0) is 0 Å². The van der Waals surface area contributed by atoms with Crippen molar-refractivity contribution in [2.45, 2.75) is 6.92 Å². The Morgan fingerprint density at radius 3 is 2.68 bits per heavy atom. The summed E-state index contributed by atoms with van der Waals surface area (Å²) >= 11 is 6.00. The number of aryl methyl sites for hydroxylation is 1. The highest BCUT2D eigenvalue weighted by atomic mass is 35.5. The molecule has 0 amide bonds. The molecule has 1 aromatic heterocycles. The van der Waals surface area contributed by atoms with Crippen molar-refractivity contribution in [2.75, 3.05) is 12.4 Å². The van der Waals surface area contributed by atoms with E-state index in [1.54, 1.807) is 25.3 Å². The van der Waals surface area contributed by atoms with Gasteiger partial charge in [0.15, 0.2) is 0 Å². The first kappa shape index (κ1) is 14.5. The quantitative estimate of drug-likeness (QED) is 0.691. The van der Waals surface area contributed by atoms with Gasteiger partial charge in [-0.3, -0.25) is 4.98 Å². The molecule has 4 nitrogen and oxygen atoms in total. The molecular weight excluding hydrogens is 300 g/mol. The fraction of sp³-hybridized carbons (Fsp3) is 0.118. The van der Waals surface area contributed by atoms with E-state index < -0.39 is 0 Å². The molecule has 0 radical (unpaired) electrons. The number of aromatic nitrogens is 1. The SMILES string of the molecule is COc1ccc2nc(C)cc(Nc3cc(Cl)ccc3O)c2c1. The molecule has 5 heteroatoms. The first-order valence-electron chi connectivity index (χ1n) is 6.78. The Morgan fingerprint density at radius 2 is 1.91 bits per heavy atom. The predicted molar refractivity (Wildman–Crippen MR) is 89.4 cm³/mol. The Labute approximate surface area is 133 Å². The maximum atomic E-state index is 9.98. The Bertz CT molecular complexity index is 849. The Kier molecular flexibility index (Phi) is 3.77. The second-order valence-corrected chi connectivity index (χ2v) is 5.42. The molecule has 0 bridgehead atoms. The van der Waals surface area contributed by atoms with Gasteiger partial charge in [-0.2, -0.15) is 0 Å². The molecule has 0 unspecified atom stereocenters. The number of methoxy groups -OCH3 is 1. The number of pyridine rings is 1. The van der Waals surface area contributed by atoms with E-state index in [0.717, 1.165) is 28.0 Å². The molecule has 1 heterocycles. The van der Waals surface area contributed by atoms with Crippen molar-refractivity contribution in [3.05, 3.63) is 53.2 Å². The van der Waals surface area contributed by atoms with Crippen molar-refractivity contribution >= 4 is 33.9 Å². The summed E-state index contributed by atoms with van der Waals surface area (Å²) in [5.74, 6) is 0.881. The van der Waals surface area contributed by atoms with E-state index in [1.165, 1.54) is 0 Å². The molecule has 0 aliphatic heterocycles. The summed E-state index contributed by atoms with van der Waals surface area (Å²) in [5, 5.41) is 14.7. The smallest absolute Gasteiger partial charge is 0.139 e. The van der Waals surface area contributed by atoms with Crippen LogP contribution in [0.1, 0.15) is 5.69 Å². The lowest BCUT2D eigenvalue weighted by Crippen LogP contribution is -1.96. The van der Waals surface area contributed by atoms with Crippen LogP contribution in [-0.4, -0.2) is 17.2 Å². The van der Waals surface area contributed by atoms with Crippen LogP contribution in [0, 0.1) is 6.92 Å². The summed E-state index contributed by atoms with van der Waals surface area (Å²) in [6.45, 7) is 1.92. The van der Waals surface area contributed by atoms with Crippen molar-refractivity contribution < 1.29 is 9.84 Å². The molecule has 2 N–H and O–H groups in total. The lowest BCUT2D eigenvalue weighted by molar-refractivity contribution is 0.415. The largest absolute Gasteiger partial charge is 0.506 e. The fourth-order valence-electron chi connectivity index (χ4n) is 2.32. The molecule has 112 valence electrons. The van der Waals surface area contributed by atoms with Crippen molar-refractivity contribution in [3.63, 3.8) is 0 Å². The van der Waals surface area contributed by atoms with Crippen molar-refractivity contribution in [2.24, 2.45) is 0 Å². The van der Waals surface area contributed by atoms with Gasteiger partial charge in [0.25, 0.3) is 0 Å². The molecule has 0 aliphatic rings. The van der Waals surface area contributed by atoms with Crippen LogP contribution in [0.15, 0.2) is 42.5 Å². The van der Waals surface area contributed by atoms with Gasteiger partial charge in [-0.1, -0.05) is 11.6 Å². The standard InChI is InChI=1S/C17H15ClN2O2/c1-10-7-15(20-16-8-11(18)3-6-17(16)21)13-9-12(22-2)4-5-14(13)19-10/h3-9,21H,1-2H3,(H,19,20). The third-order valence-corrected chi connectivity index (χ3v) is 3.61. The number of rotatable bonds is 3. The molecule has 2 aromatic carbocycles. The van der Waals surface area contributed by atoms with E-state index in [9.17, 15) is 5.11 Å². The van der Waals surface area contributed by atoms with Gasteiger partial charge in [0.2, 0.25) is 0 Å². The van der Waals surface area contributed by atoms with E-state index in [1.807, 2.05) is 31.2 Å². The number of ether oxygens (including phenoxy) is 1. The zero-order valence-corrected chi connectivity index (χ0v) is 13.0. The lowest BCUT2D eigenvalue weighted by Gasteiger charge is -2.13. The van der Waals surface area contributed by atoms with Crippen LogP contribution in [0.2, 0.25) is 5.02 Å². The molecule has 0 saturated carbocycles. The lowest BCUT2D eigenvalue weighted by atomic mass is 10.1. The van der Waals surface area contributed by atoms with E-state index in [-0.39, 0.29) is 5.75 Å². The minimum Gasteiger partial charge on any atom is -0.506 e. The number of phenolic OH excluding ortho intramolecular Hbond substituents is 1. The minimum absolute atomic E-state index is 0.134. The minimum atomic E-state index is 0.134. The molecule has 0 aliphatic carbocycles. The van der Waals surface area contributed by atoms with Crippen LogP contribution >= 0.6 is 11.6 Å². The number of hydrogen-bond acceptors (Lipinski definition) is 4. The number of aromatic hydroxyl groups is 1. The monoisotopic (exact) mass is 314 g/mol. The average Bonchev–Trinajstić information content (AvgIpc) is 2.50. The highest BCUT2D eigenvalue weighted by molar-refractivity contribution is 6.31. The third-order valence-electron chi connectivity index (χ3n) is 3.37. The third kappa shape index (κ3) is 2.78. The Balaban J connectivity index is 2.14. The van der Waals surface area contributed by atoms with Gasteiger partial charge in [-0.25, -0.2) is 0 Å². The molecule has 0 fully saturated rings. The number of fused-ring (bicyclic) bond motifs is 1. The molecule has 0 saturated heterocycles. The van der Waals surface area contributed by atoms with E-state index in [2.05, 4.69) is 10.3 Å². The van der Waals surface area contributed by atoms with Crippen molar-refractivity contribution in [1.82, 2.24) is 4.98 Å². The molecule has 22 heavy (non-hydrogen) atoms. The average molecular weight is 315 g/mol. The maximum Gasteiger partial charge on any atom is 0.139 e. The highest BCUT2D eigenvalue weighted by Crippen LogP contribution is 2.34. The number of nitrogens with one attached hydrogen (secondary N) is 1. The summed E-state index contributed by atoms with van der Waals surface area (Å²) in [6, 6.07) is 12.5. The van der Waals surface area contributed by atoms with Crippen LogP contribution < -0.4 is 10.1 Å². The summed E-state index contributed by atoms with van der Waals surface area (Å²) in [7, 11) is 1.62. The van der Waals surface area contributed by atoms with Crippen LogP contribution in [0.4, 0.5) is 11.4 Å². The second kappa shape index (κ2) is 5.73. The number of benzene rings is 2. The normalized spacial score (nSPS) is 10.7.